The maximum atomic E-state index is 12.2. The highest BCUT2D eigenvalue weighted by molar-refractivity contribution is 5.95. The lowest BCUT2D eigenvalue weighted by Gasteiger charge is -2.15. The number of aromatic nitrogens is 1. The second-order valence-electron chi connectivity index (χ2n) is 5.31. The first-order chi connectivity index (χ1) is 8.97. The molecule has 0 aromatic carbocycles. The lowest BCUT2D eigenvalue weighted by Crippen LogP contribution is -2.30. The zero-order valence-corrected chi connectivity index (χ0v) is 11.1. The highest BCUT2D eigenvalue weighted by Crippen LogP contribution is 2.37. The summed E-state index contributed by atoms with van der Waals surface area (Å²) in [6.45, 7) is 3.85. The van der Waals surface area contributed by atoms with Gasteiger partial charge < -0.3 is 10.4 Å². The van der Waals surface area contributed by atoms with E-state index in [0.29, 0.717) is 18.5 Å². The molecule has 1 heterocycles. The van der Waals surface area contributed by atoms with Gasteiger partial charge in [0.05, 0.1) is 23.7 Å². The van der Waals surface area contributed by atoms with Crippen molar-refractivity contribution in [1.29, 1.82) is 0 Å². The van der Waals surface area contributed by atoms with Crippen molar-refractivity contribution in [3.8, 4) is 0 Å². The molecule has 1 saturated carbocycles. The summed E-state index contributed by atoms with van der Waals surface area (Å²) in [7, 11) is 0. The molecule has 5 nitrogen and oxygen atoms in total. The van der Waals surface area contributed by atoms with Crippen molar-refractivity contribution in [2.24, 2.45) is 17.8 Å². The van der Waals surface area contributed by atoms with Crippen LogP contribution in [0.5, 0.6) is 0 Å². The molecule has 1 aliphatic carbocycles. The molecule has 102 valence electrons. The van der Waals surface area contributed by atoms with Gasteiger partial charge in [0.15, 0.2) is 0 Å². The van der Waals surface area contributed by atoms with Crippen LogP contribution < -0.4 is 5.32 Å². The Labute approximate surface area is 112 Å². The third kappa shape index (κ3) is 3.10. The van der Waals surface area contributed by atoms with Crippen molar-refractivity contribution >= 4 is 17.6 Å². The van der Waals surface area contributed by atoms with E-state index in [-0.39, 0.29) is 11.8 Å². The highest BCUT2D eigenvalue weighted by Gasteiger charge is 2.41. The van der Waals surface area contributed by atoms with E-state index in [1.807, 2.05) is 19.9 Å². The smallest absolute Gasteiger partial charge is 0.307 e. The van der Waals surface area contributed by atoms with Gasteiger partial charge in [-0.15, -0.1) is 0 Å². The Morgan fingerprint density at radius 1 is 1.32 bits per heavy atom. The molecule has 0 spiro atoms. The van der Waals surface area contributed by atoms with Gasteiger partial charge >= 0.3 is 5.97 Å². The van der Waals surface area contributed by atoms with Gasteiger partial charge in [-0.2, -0.15) is 0 Å². The number of carbonyl (C=O) groups excluding carboxylic acids is 1. The number of rotatable bonds is 3. The highest BCUT2D eigenvalue weighted by atomic mass is 16.4. The molecule has 1 aromatic heterocycles. The maximum absolute atomic E-state index is 12.2. The predicted molar refractivity (Wildman–Crippen MR) is 70.6 cm³/mol. The van der Waals surface area contributed by atoms with Gasteiger partial charge in [0.1, 0.15) is 0 Å². The number of nitrogens with zero attached hydrogens (tertiary/aromatic N) is 1. The van der Waals surface area contributed by atoms with Crippen LogP contribution in [0.25, 0.3) is 0 Å². The van der Waals surface area contributed by atoms with Gasteiger partial charge in [-0.3, -0.25) is 14.6 Å². The molecule has 2 N–H and O–H groups in total. The predicted octanol–water partition coefficient (Wildman–Crippen LogP) is 2.08. The van der Waals surface area contributed by atoms with E-state index in [1.165, 1.54) is 0 Å². The molecule has 1 fully saturated rings. The summed E-state index contributed by atoms with van der Waals surface area (Å²) in [6.07, 6.45) is 2.78. The van der Waals surface area contributed by atoms with Crippen molar-refractivity contribution in [2.45, 2.75) is 26.7 Å². The molecule has 1 aliphatic rings. The zero-order valence-electron chi connectivity index (χ0n) is 11.1. The summed E-state index contributed by atoms with van der Waals surface area (Å²) in [5, 5.41) is 11.9. The van der Waals surface area contributed by atoms with Crippen LogP contribution in [0.3, 0.4) is 0 Å². The number of pyridine rings is 1. The Hall–Kier alpha value is -1.91. The number of amides is 1. The number of aliphatic carboxylic acids is 1. The Balaban J connectivity index is 2.06. The molecule has 0 bridgehead atoms. The second kappa shape index (κ2) is 5.38. The lowest BCUT2D eigenvalue weighted by atomic mass is 9.95. The molecule has 1 aromatic rings. The van der Waals surface area contributed by atoms with Gasteiger partial charge in [0.25, 0.3) is 0 Å². The van der Waals surface area contributed by atoms with Gasteiger partial charge in [-0.1, -0.05) is 6.92 Å². The van der Waals surface area contributed by atoms with E-state index in [1.54, 1.807) is 12.3 Å². The first kappa shape index (κ1) is 13.5. The monoisotopic (exact) mass is 262 g/mol. The summed E-state index contributed by atoms with van der Waals surface area (Å²) in [5.74, 6) is -1.86. The Morgan fingerprint density at radius 3 is 2.58 bits per heavy atom. The molecule has 0 aliphatic heterocycles. The van der Waals surface area contributed by atoms with Gasteiger partial charge in [-0.25, -0.2) is 0 Å². The van der Waals surface area contributed by atoms with Gasteiger partial charge in [0.2, 0.25) is 5.91 Å². The van der Waals surface area contributed by atoms with E-state index >= 15 is 0 Å². The molecule has 0 saturated heterocycles. The fraction of sp³-hybridized carbons (Fsp3) is 0.500. The Bertz CT molecular complexity index is 484. The summed E-state index contributed by atoms with van der Waals surface area (Å²) in [6, 6.07) is 3.58. The maximum Gasteiger partial charge on any atom is 0.307 e. The van der Waals surface area contributed by atoms with Crippen LogP contribution in [-0.4, -0.2) is 22.0 Å². The van der Waals surface area contributed by atoms with Crippen LogP contribution in [0.4, 0.5) is 5.69 Å². The van der Waals surface area contributed by atoms with E-state index < -0.39 is 17.8 Å². The molecule has 19 heavy (non-hydrogen) atoms. The van der Waals surface area contributed by atoms with E-state index in [2.05, 4.69) is 10.3 Å². The Morgan fingerprint density at radius 2 is 2.00 bits per heavy atom. The second-order valence-corrected chi connectivity index (χ2v) is 5.31. The quantitative estimate of drug-likeness (QED) is 0.874. The summed E-state index contributed by atoms with van der Waals surface area (Å²) >= 11 is 0. The minimum absolute atomic E-state index is 0.220. The van der Waals surface area contributed by atoms with Gasteiger partial charge in [-0.05, 0) is 37.8 Å². The standard InChI is InChI=1S/C14H18N2O3/c1-8-5-11(12(6-8)14(18)19)13(17)16-10-4-3-9(2)15-7-10/h3-4,7-8,11-12H,5-6H2,1-2H3,(H,16,17)(H,18,19). The number of carboxylic acid groups (broad SMARTS) is 1. The molecule has 3 unspecified atom stereocenters. The number of hydrogen-bond acceptors (Lipinski definition) is 3. The SMILES string of the molecule is Cc1ccc(NC(=O)C2CC(C)CC2C(=O)O)cn1. The molecular formula is C14H18N2O3. The number of aryl methyl sites for hydroxylation is 1. The van der Waals surface area contributed by atoms with Gasteiger partial charge in [0, 0.05) is 5.69 Å². The van der Waals surface area contributed by atoms with Crippen molar-refractivity contribution in [3.63, 3.8) is 0 Å². The molecule has 3 atom stereocenters. The summed E-state index contributed by atoms with van der Waals surface area (Å²) < 4.78 is 0. The Kier molecular flexibility index (Phi) is 3.83. The zero-order chi connectivity index (χ0) is 14.0. The van der Waals surface area contributed by atoms with Crippen molar-refractivity contribution in [1.82, 2.24) is 4.98 Å². The van der Waals surface area contributed by atoms with Crippen LogP contribution >= 0.6 is 0 Å². The number of anilines is 1. The average Bonchev–Trinajstić information content (AvgIpc) is 2.74. The molecule has 2 rings (SSSR count). The van der Waals surface area contributed by atoms with E-state index in [4.69, 9.17) is 5.11 Å². The van der Waals surface area contributed by atoms with E-state index in [9.17, 15) is 9.59 Å². The molecule has 1 amide bonds. The molecule has 0 radical (unpaired) electrons. The van der Waals surface area contributed by atoms with Crippen LogP contribution in [0.15, 0.2) is 18.3 Å². The number of hydrogen-bond donors (Lipinski definition) is 2. The topological polar surface area (TPSA) is 79.3 Å². The third-order valence-electron chi connectivity index (χ3n) is 3.63. The third-order valence-corrected chi connectivity index (χ3v) is 3.63. The minimum atomic E-state index is -0.883. The fourth-order valence-electron chi connectivity index (χ4n) is 2.63. The lowest BCUT2D eigenvalue weighted by molar-refractivity contribution is -0.145. The van der Waals surface area contributed by atoms with E-state index in [0.717, 1.165) is 5.69 Å². The number of carbonyl (C=O) groups is 2. The molecular weight excluding hydrogens is 244 g/mol. The number of nitrogens with one attached hydrogen (secondary N) is 1. The summed E-state index contributed by atoms with van der Waals surface area (Å²) in [4.78, 5) is 27.4. The van der Waals surface area contributed by atoms with Crippen LogP contribution in [0, 0.1) is 24.7 Å². The van der Waals surface area contributed by atoms with Crippen LogP contribution in [-0.2, 0) is 9.59 Å². The summed E-state index contributed by atoms with van der Waals surface area (Å²) in [5.41, 5.74) is 1.48. The van der Waals surface area contributed by atoms with Crippen LogP contribution in [0.1, 0.15) is 25.5 Å². The number of carboxylic acids is 1. The van der Waals surface area contributed by atoms with Crippen molar-refractivity contribution in [2.75, 3.05) is 5.32 Å². The molecule has 5 heteroatoms. The minimum Gasteiger partial charge on any atom is -0.481 e. The largest absolute Gasteiger partial charge is 0.481 e. The first-order valence-corrected chi connectivity index (χ1v) is 6.43. The van der Waals surface area contributed by atoms with Crippen molar-refractivity contribution in [3.05, 3.63) is 24.0 Å². The normalized spacial score (nSPS) is 26.1. The van der Waals surface area contributed by atoms with Crippen molar-refractivity contribution < 1.29 is 14.7 Å². The first-order valence-electron chi connectivity index (χ1n) is 6.43. The fourth-order valence-corrected chi connectivity index (χ4v) is 2.63. The average molecular weight is 262 g/mol. The van der Waals surface area contributed by atoms with Crippen LogP contribution in [0.2, 0.25) is 0 Å².